The molecule has 3 aromatic carbocycles. The third-order valence-electron chi connectivity index (χ3n) is 4.74. The molecule has 0 spiro atoms. The first-order valence-electron chi connectivity index (χ1n) is 9.74. The molecule has 0 aliphatic rings. The summed E-state index contributed by atoms with van der Waals surface area (Å²) in [5, 5.41) is 24.3. The summed E-state index contributed by atoms with van der Waals surface area (Å²) in [5.74, 6) is 1.68. The predicted molar refractivity (Wildman–Crippen MR) is 123 cm³/mol. The number of nitrogens with one attached hydrogen (secondary N) is 2. The van der Waals surface area contributed by atoms with E-state index >= 15 is 0 Å². The first-order chi connectivity index (χ1) is 15.7. The highest BCUT2D eigenvalue weighted by atomic mass is 16.5. The van der Waals surface area contributed by atoms with E-state index in [4.69, 9.17) is 15.3 Å². The summed E-state index contributed by atoms with van der Waals surface area (Å²) in [5.41, 5.74) is 4.71. The molecule has 0 saturated heterocycles. The Hall–Kier alpha value is -4.88. The highest BCUT2D eigenvalue weighted by molar-refractivity contribution is 5.73. The molecule has 4 aromatic rings. The summed E-state index contributed by atoms with van der Waals surface area (Å²) in [6, 6.07) is 26.2. The highest BCUT2D eigenvalue weighted by Crippen LogP contribution is 2.32. The molecule has 0 bridgehead atoms. The van der Waals surface area contributed by atoms with Gasteiger partial charge in [-0.05, 0) is 65.7 Å². The average Bonchev–Trinajstić information content (AvgIpc) is 2.85. The van der Waals surface area contributed by atoms with Crippen molar-refractivity contribution in [2.45, 2.75) is 0 Å². The number of nitriles is 2. The Morgan fingerprint density at radius 2 is 1.44 bits per heavy atom. The maximum Gasteiger partial charge on any atom is 0.229 e. The third kappa shape index (κ3) is 4.64. The Morgan fingerprint density at radius 1 is 0.781 bits per heavy atom. The summed E-state index contributed by atoms with van der Waals surface area (Å²) in [4.78, 5) is 8.74. The fourth-order valence-electron chi connectivity index (χ4n) is 3.09. The van der Waals surface area contributed by atoms with Gasteiger partial charge in [-0.1, -0.05) is 18.2 Å². The first kappa shape index (κ1) is 20.4. The number of benzene rings is 3. The van der Waals surface area contributed by atoms with E-state index in [1.165, 1.54) is 0 Å². The zero-order chi connectivity index (χ0) is 22.3. The van der Waals surface area contributed by atoms with E-state index in [9.17, 15) is 0 Å². The summed E-state index contributed by atoms with van der Waals surface area (Å²) in [7, 11) is 1.61. The molecule has 1 heterocycles. The SMILES string of the molecule is COc1cc(-c2ccc(C#N)cc2)ccc1Nc1ccnc(Nc2ccc(C#N)cc2)n1. The Balaban J connectivity index is 1.53. The van der Waals surface area contributed by atoms with Crippen molar-refractivity contribution in [2.75, 3.05) is 17.7 Å². The van der Waals surface area contributed by atoms with Crippen molar-refractivity contribution in [3.8, 4) is 29.0 Å². The van der Waals surface area contributed by atoms with Crippen molar-refractivity contribution in [3.63, 3.8) is 0 Å². The van der Waals surface area contributed by atoms with Gasteiger partial charge in [0, 0.05) is 11.9 Å². The molecule has 0 aliphatic heterocycles. The second-order valence-electron chi connectivity index (χ2n) is 6.81. The minimum atomic E-state index is 0.424. The maximum absolute atomic E-state index is 8.98. The summed E-state index contributed by atoms with van der Waals surface area (Å²) in [6.07, 6.45) is 1.65. The van der Waals surface area contributed by atoms with Crippen molar-refractivity contribution >= 4 is 23.1 Å². The van der Waals surface area contributed by atoms with Gasteiger partial charge >= 0.3 is 0 Å². The number of hydrogen-bond donors (Lipinski definition) is 2. The van der Waals surface area contributed by atoms with E-state index in [1.807, 2.05) is 30.3 Å². The van der Waals surface area contributed by atoms with Gasteiger partial charge in [0.2, 0.25) is 5.95 Å². The summed E-state index contributed by atoms with van der Waals surface area (Å²) >= 11 is 0. The van der Waals surface area contributed by atoms with Gasteiger partial charge in [-0.3, -0.25) is 0 Å². The van der Waals surface area contributed by atoms with Crippen LogP contribution in [-0.4, -0.2) is 17.1 Å². The molecule has 2 N–H and O–H groups in total. The quantitative estimate of drug-likeness (QED) is 0.433. The zero-order valence-corrected chi connectivity index (χ0v) is 17.2. The van der Waals surface area contributed by atoms with E-state index in [-0.39, 0.29) is 0 Å². The van der Waals surface area contributed by atoms with Crippen LogP contribution in [0, 0.1) is 22.7 Å². The minimum absolute atomic E-state index is 0.424. The van der Waals surface area contributed by atoms with Crippen LogP contribution in [0.4, 0.5) is 23.1 Å². The fourth-order valence-corrected chi connectivity index (χ4v) is 3.09. The van der Waals surface area contributed by atoms with Crippen molar-refractivity contribution in [1.29, 1.82) is 10.5 Å². The zero-order valence-electron chi connectivity index (χ0n) is 17.2. The van der Waals surface area contributed by atoms with Gasteiger partial charge < -0.3 is 15.4 Å². The van der Waals surface area contributed by atoms with E-state index in [2.05, 4.69) is 32.7 Å². The van der Waals surface area contributed by atoms with Gasteiger partial charge in [0.1, 0.15) is 11.6 Å². The number of ether oxygens (including phenoxy) is 1. The topological polar surface area (TPSA) is 107 Å². The molecule has 0 aliphatic carbocycles. The van der Waals surface area contributed by atoms with E-state index in [1.54, 1.807) is 55.8 Å². The fraction of sp³-hybridized carbons (Fsp3) is 0.0400. The number of aromatic nitrogens is 2. The van der Waals surface area contributed by atoms with Gasteiger partial charge in [-0.15, -0.1) is 0 Å². The molecule has 154 valence electrons. The van der Waals surface area contributed by atoms with Crippen LogP contribution >= 0.6 is 0 Å². The lowest BCUT2D eigenvalue weighted by molar-refractivity contribution is 0.417. The molecule has 7 heteroatoms. The largest absolute Gasteiger partial charge is 0.495 e. The lowest BCUT2D eigenvalue weighted by Crippen LogP contribution is -2.01. The highest BCUT2D eigenvalue weighted by Gasteiger charge is 2.08. The predicted octanol–water partition coefficient (Wildman–Crippen LogP) is 5.38. The standard InChI is InChI=1S/C25H18N6O/c1-32-23-14-20(19-6-2-17(15-26)3-7-19)8-11-22(23)30-24-12-13-28-25(31-24)29-21-9-4-18(16-27)5-10-21/h2-14H,1H3,(H2,28,29,30,31). The van der Waals surface area contributed by atoms with E-state index in [0.717, 1.165) is 22.5 Å². The number of rotatable bonds is 6. The number of methoxy groups -OCH3 is 1. The minimum Gasteiger partial charge on any atom is -0.495 e. The number of anilines is 4. The molecule has 0 atom stereocenters. The van der Waals surface area contributed by atoms with Crippen LogP contribution in [0.2, 0.25) is 0 Å². The Bertz CT molecular complexity index is 1320. The molecule has 0 unspecified atom stereocenters. The summed E-state index contributed by atoms with van der Waals surface area (Å²) < 4.78 is 5.57. The molecule has 0 amide bonds. The second-order valence-corrected chi connectivity index (χ2v) is 6.81. The lowest BCUT2D eigenvalue weighted by Gasteiger charge is -2.13. The second kappa shape index (κ2) is 9.29. The van der Waals surface area contributed by atoms with Crippen LogP contribution in [0.5, 0.6) is 5.75 Å². The Morgan fingerprint density at radius 3 is 2.09 bits per heavy atom. The smallest absolute Gasteiger partial charge is 0.229 e. The van der Waals surface area contributed by atoms with Crippen LogP contribution in [0.25, 0.3) is 11.1 Å². The normalized spacial score (nSPS) is 9.97. The maximum atomic E-state index is 8.98. The molecule has 4 rings (SSSR count). The van der Waals surface area contributed by atoms with E-state index in [0.29, 0.717) is 28.6 Å². The van der Waals surface area contributed by atoms with Gasteiger partial charge in [-0.2, -0.15) is 15.5 Å². The molecule has 1 aromatic heterocycles. The van der Waals surface area contributed by atoms with Crippen molar-refractivity contribution in [3.05, 3.63) is 90.1 Å². The number of nitrogens with zero attached hydrogens (tertiary/aromatic N) is 4. The van der Waals surface area contributed by atoms with Crippen molar-refractivity contribution in [1.82, 2.24) is 9.97 Å². The van der Waals surface area contributed by atoms with Crippen molar-refractivity contribution < 1.29 is 4.74 Å². The first-order valence-corrected chi connectivity index (χ1v) is 9.74. The van der Waals surface area contributed by atoms with Crippen molar-refractivity contribution in [2.24, 2.45) is 0 Å². The monoisotopic (exact) mass is 418 g/mol. The van der Waals surface area contributed by atoms with E-state index < -0.39 is 0 Å². The summed E-state index contributed by atoms with van der Waals surface area (Å²) in [6.45, 7) is 0. The third-order valence-corrected chi connectivity index (χ3v) is 4.74. The lowest BCUT2D eigenvalue weighted by atomic mass is 10.0. The van der Waals surface area contributed by atoms with Crippen LogP contribution in [0.3, 0.4) is 0 Å². The molecular weight excluding hydrogens is 400 g/mol. The number of hydrogen-bond acceptors (Lipinski definition) is 7. The van der Waals surface area contributed by atoms with Crippen LogP contribution in [0.1, 0.15) is 11.1 Å². The molecule has 32 heavy (non-hydrogen) atoms. The van der Waals surface area contributed by atoms with Gasteiger partial charge in [0.05, 0.1) is 36.1 Å². The molecule has 0 fully saturated rings. The Labute approximate surface area is 185 Å². The molecule has 0 radical (unpaired) electrons. The van der Waals surface area contributed by atoms with Crippen LogP contribution in [0.15, 0.2) is 79.0 Å². The molecule has 0 saturated carbocycles. The molecule has 7 nitrogen and oxygen atoms in total. The van der Waals surface area contributed by atoms with Gasteiger partial charge in [0.25, 0.3) is 0 Å². The van der Waals surface area contributed by atoms with Gasteiger partial charge in [0.15, 0.2) is 0 Å². The average molecular weight is 418 g/mol. The van der Waals surface area contributed by atoms with Crippen LogP contribution in [-0.2, 0) is 0 Å². The van der Waals surface area contributed by atoms with Gasteiger partial charge in [-0.25, -0.2) is 4.98 Å². The van der Waals surface area contributed by atoms with Crippen LogP contribution < -0.4 is 15.4 Å². The Kier molecular flexibility index (Phi) is 5.92. The molecular formula is C25H18N6O.